The lowest BCUT2D eigenvalue weighted by molar-refractivity contribution is -0.138. The number of fused-ring (bicyclic) bond motifs is 1. The van der Waals surface area contributed by atoms with Gasteiger partial charge in [-0.05, 0) is 62.6 Å². The van der Waals surface area contributed by atoms with Crippen LogP contribution in [-0.4, -0.2) is 64.6 Å². The fourth-order valence-electron chi connectivity index (χ4n) is 5.26. The van der Waals surface area contributed by atoms with Crippen LogP contribution in [0, 0.1) is 11.6 Å². The number of halogens is 5. The Hall–Kier alpha value is -5.35. The largest absolute Gasteiger partial charge is 0.494 e. The van der Waals surface area contributed by atoms with E-state index in [1.165, 1.54) is 31.0 Å². The van der Waals surface area contributed by atoms with Crippen molar-refractivity contribution >= 4 is 22.6 Å². The van der Waals surface area contributed by atoms with Crippen LogP contribution >= 0.6 is 0 Å². The van der Waals surface area contributed by atoms with E-state index in [4.69, 9.17) is 9.47 Å². The van der Waals surface area contributed by atoms with Gasteiger partial charge >= 0.3 is 11.9 Å². The Balaban J connectivity index is 1.85. The molecular weight excluding hydrogens is 643 g/mol. The summed E-state index contributed by atoms with van der Waals surface area (Å²) in [5, 5.41) is 6.90. The van der Waals surface area contributed by atoms with Crippen molar-refractivity contribution in [3.05, 3.63) is 110 Å². The number of rotatable bonds is 10. The zero-order valence-electron chi connectivity index (χ0n) is 26.1. The summed E-state index contributed by atoms with van der Waals surface area (Å²) in [6.07, 6.45) is -5.00. The molecular formula is C32H29F5N6O5. The van der Waals surface area contributed by atoms with E-state index in [2.05, 4.69) is 10.4 Å². The van der Waals surface area contributed by atoms with Gasteiger partial charge in [-0.25, -0.2) is 22.8 Å². The van der Waals surface area contributed by atoms with Gasteiger partial charge < -0.3 is 19.7 Å². The fourth-order valence-corrected chi connectivity index (χ4v) is 5.26. The number of carbonyl (C=O) groups is 1. The summed E-state index contributed by atoms with van der Waals surface area (Å²) in [7, 11) is 5.91. The smallest absolute Gasteiger partial charge is 0.416 e. The van der Waals surface area contributed by atoms with Crippen LogP contribution in [0.1, 0.15) is 16.8 Å². The van der Waals surface area contributed by atoms with Crippen LogP contribution in [0.25, 0.3) is 22.4 Å². The number of amides is 1. The van der Waals surface area contributed by atoms with Crippen molar-refractivity contribution in [2.45, 2.75) is 19.3 Å². The molecule has 1 amide bonds. The van der Waals surface area contributed by atoms with Crippen LogP contribution in [0.15, 0.2) is 70.3 Å². The summed E-state index contributed by atoms with van der Waals surface area (Å²) in [5.74, 6) is -3.06. The average Bonchev–Trinajstić information content (AvgIpc) is 3.39. The molecule has 0 unspecified atom stereocenters. The van der Waals surface area contributed by atoms with Crippen LogP contribution in [0.4, 0.5) is 27.6 Å². The standard InChI is InChI=1S/C32H29F5N6O5/c1-40(2)16-24-27-29(39-43(24)19-13-11-18(12-14-19)38-26(44)17-47-3)41(15-20-21(32(35,36)37)7-5-8-22(20)33)31(46)42(30(27)45)23-9-6-10-25(48-4)28(23)34/h5-14H,15-17H2,1-4H3,(H,38,44). The molecule has 0 aliphatic rings. The van der Waals surface area contributed by atoms with E-state index < -0.39 is 58.3 Å². The highest BCUT2D eigenvalue weighted by atomic mass is 19.4. The number of ether oxygens (including phenoxy) is 2. The number of benzene rings is 3. The van der Waals surface area contributed by atoms with Crippen LogP contribution < -0.4 is 21.3 Å². The molecule has 11 nitrogen and oxygen atoms in total. The lowest BCUT2D eigenvalue weighted by Gasteiger charge is -2.17. The van der Waals surface area contributed by atoms with E-state index in [1.807, 2.05) is 0 Å². The molecule has 0 saturated carbocycles. The normalized spacial score (nSPS) is 11.8. The van der Waals surface area contributed by atoms with Gasteiger partial charge in [-0.3, -0.25) is 14.2 Å². The maximum atomic E-state index is 15.6. The maximum Gasteiger partial charge on any atom is 0.416 e. The number of anilines is 1. The van der Waals surface area contributed by atoms with Gasteiger partial charge in [0.15, 0.2) is 17.2 Å². The van der Waals surface area contributed by atoms with E-state index in [0.29, 0.717) is 26.6 Å². The molecule has 0 fully saturated rings. The summed E-state index contributed by atoms with van der Waals surface area (Å²) in [6, 6.07) is 12.3. The van der Waals surface area contributed by atoms with Gasteiger partial charge in [0.25, 0.3) is 5.56 Å². The van der Waals surface area contributed by atoms with Gasteiger partial charge in [0.2, 0.25) is 5.91 Å². The minimum Gasteiger partial charge on any atom is -0.494 e. The molecule has 252 valence electrons. The van der Waals surface area contributed by atoms with Crippen molar-refractivity contribution in [1.29, 1.82) is 0 Å². The van der Waals surface area contributed by atoms with Crippen LogP contribution in [0.2, 0.25) is 0 Å². The molecule has 2 aromatic heterocycles. The number of aromatic nitrogens is 4. The van der Waals surface area contributed by atoms with E-state index in [9.17, 15) is 27.6 Å². The van der Waals surface area contributed by atoms with Crippen molar-refractivity contribution in [1.82, 2.24) is 23.8 Å². The van der Waals surface area contributed by atoms with Gasteiger partial charge in [-0.15, -0.1) is 5.10 Å². The molecule has 48 heavy (non-hydrogen) atoms. The predicted octanol–water partition coefficient (Wildman–Crippen LogP) is 4.34. The summed E-state index contributed by atoms with van der Waals surface area (Å²) in [5.41, 5.74) is -4.49. The number of nitrogens with one attached hydrogen (secondary N) is 1. The van der Waals surface area contributed by atoms with E-state index in [1.54, 1.807) is 43.3 Å². The van der Waals surface area contributed by atoms with E-state index >= 15 is 8.78 Å². The molecule has 0 aliphatic carbocycles. The molecule has 0 atom stereocenters. The third kappa shape index (κ3) is 6.44. The summed E-state index contributed by atoms with van der Waals surface area (Å²) in [4.78, 5) is 42.0. The minimum atomic E-state index is -5.00. The average molecular weight is 673 g/mol. The second kappa shape index (κ2) is 13.4. The highest BCUT2D eigenvalue weighted by Gasteiger charge is 2.35. The number of carbonyl (C=O) groups excluding carboxylic acids is 1. The van der Waals surface area contributed by atoms with Gasteiger partial charge in [0.05, 0.1) is 36.3 Å². The van der Waals surface area contributed by atoms with E-state index in [0.717, 1.165) is 18.2 Å². The Morgan fingerprint density at radius 2 is 1.67 bits per heavy atom. The Labute approximate surface area is 269 Å². The van der Waals surface area contributed by atoms with Crippen molar-refractivity contribution in [3.63, 3.8) is 0 Å². The Kier molecular flexibility index (Phi) is 9.50. The van der Waals surface area contributed by atoms with E-state index in [-0.39, 0.29) is 35.6 Å². The van der Waals surface area contributed by atoms with Crippen molar-refractivity contribution in [2.75, 3.05) is 40.2 Å². The first-order valence-corrected chi connectivity index (χ1v) is 14.3. The van der Waals surface area contributed by atoms with Crippen LogP contribution in [-0.2, 0) is 28.8 Å². The summed E-state index contributed by atoms with van der Waals surface area (Å²) in [6.45, 7) is -1.18. The van der Waals surface area contributed by atoms with Crippen molar-refractivity contribution in [2.24, 2.45) is 0 Å². The molecule has 0 aliphatic heterocycles. The highest BCUT2D eigenvalue weighted by molar-refractivity contribution is 5.91. The number of methoxy groups -OCH3 is 2. The third-order valence-electron chi connectivity index (χ3n) is 7.34. The second-order valence-electron chi connectivity index (χ2n) is 10.9. The van der Waals surface area contributed by atoms with Gasteiger partial charge in [-0.2, -0.15) is 13.2 Å². The molecule has 0 saturated heterocycles. The third-order valence-corrected chi connectivity index (χ3v) is 7.34. The predicted molar refractivity (Wildman–Crippen MR) is 166 cm³/mol. The Bertz CT molecular complexity index is 2120. The first-order valence-electron chi connectivity index (χ1n) is 14.3. The first kappa shape index (κ1) is 34.0. The molecule has 5 aromatic rings. The Morgan fingerprint density at radius 1 is 0.979 bits per heavy atom. The molecule has 3 aromatic carbocycles. The van der Waals surface area contributed by atoms with Gasteiger partial charge in [-0.1, -0.05) is 12.1 Å². The lowest BCUT2D eigenvalue weighted by atomic mass is 10.1. The zero-order chi connectivity index (χ0) is 34.9. The number of hydrogen-bond acceptors (Lipinski definition) is 7. The highest BCUT2D eigenvalue weighted by Crippen LogP contribution is 2.34. The molecule has 0 spiro atoms. The minimum absolute atomic E-state index is 0.0182. The molecule has 16 heteroatoms. The topological polar surface area (TPSA) is 113 Å². The quantitative estimate of drug-likeness (QED) is 0.220. The fraction of sp³-hybridized carbons (Fsp3) is 0.250. The number of nitrogens with zero attached hydrogens (tertiary/aromatic N) is 5. The lowest BCUT2D eigenvalue weighted by Crippen LogP contribution is -2.40. The SMILES string of the molecule is COCC(=O)Nc1ccc(-n2nc3c(c2CN(C)C)c(=O)n(-c2cccc(OC)c2F)c(=O)n3Cc2c(F)cccc2C(F)(F)F)cc1. The number of hydrogen-bond donors (Lipinski definition) is 1. The molecule has 0 radical (unpaired) electrons. The molecule has 5 rings (SSSR count). The molecule has 2 heterocycles. The summed E-state index contributed by atoms with van der Waals surface area (Å²) >= 11 is 0. The number of alkyl halides is 3. The van der Waals surface area contributed by atoms with Gasteiger partial charge in [0, 0.05) is 24.9 Å². The molecule has 1 N–H and O–H groups in total. The van der Waals surface area contributed by atoms with Crippen LogP contribution in [0.3, 0.4) is 0 Å². The maximum absolute atomic E-state index is 15.6. The summed E-state index contributed by atoms with van der Waals surface area (Å²) < 4.78 is 85.2. The monoisotopic (exact) mass is 672 g/mol. The van der Waals surface area contributed by atoms with Crippen molar-refractivity contribution in [3.8, 4) is 17.1 Å². The molecule has 0 bridgehead atoms. The Morgan fingerprint density at radius 3 is 2.29 bits per heavy atom. The first-order chi connectivity index (χ1) is 22.8. The van der Waals surface area contributed by atoms with Crippen molar-refractivity contribution < 1.29 is 36.2 Å². The zero-order valence-corrected chi connectivity index (χ0v) is 26.1. The van der Waals surface area contributed by atoms with Gasteiger partial charge in [0.1, 0.15) is 17.8 Å². The van der Waals surface area contributed by atoms with Crippen LogP contribution in [0.5, 0.6) is 5.75 Å². The second-order valence-corrected chi connectivity index (χ2v) is 10.9.